The van der Waals surface area contributed by atoms with Crippen LogP contribution in [0.4, 0.5) is 0 Å². The Morgan fingerprint density at radius 2 is 2.19 bits per heavy atom. The predicted molar refractivity (Wildman–Crippen MR) is 76.1 cm³/mol. The van der Waals surface area contributed by atoms with Crippen LogP contribution in [0.5, 0.6) is 0 Å². The number of aromatic nitrogens is 2. The van der Waals surface area contributed by atoms with E-state index >= 15 is 0 Å². The van der Waals surface area contributed by atoms with E-state index in [0.29, 0.717) is 32.8 Å². The van der Waals surface area contributed by atoms with Crippen LogP contribution in [0.25, 0.3) is 0 Å². The molecule has 9 heteroatoms. The van der Waals surface area contributed by atoms with Crippen molar-refractivity contribution in [2.45, 2.75) is 25.5 Å². The van der Waals surface area contributed by atoms with E-state index < -0.39 is 19.9 Å². The average Bonchev–Trinajstić information content (AvgIpc) is 2.50. The Balaban J connectivity index is 1.78. The first-order valence-corrected chi connectivity index (χ1v) is 7.80. The van der Waals surface area contributed by atoms with Gasteiger partial charge >= 0.3 is 14.3 Å². The Morgan fingerprint density at radius 1 is 1.43 bits per heavy atom. The van der Waals surface area contributed by atoms with Gasteiger partial charge in [-0.05, 0) is 12.8 Å². The zero-order chi connectivity index (χ0) is 15.1. The normalized spacial score (nSPS) is 17.8. The van der Waals surface area contributed by atoms with Crippen molar-refractivity contribution in [3.05, 3.63) is 33.1 Å². The Hall–Kier alpha value is -1.05. The fourth-order valence-corrected chi connectivity index (χ4v) is 2.83. The molecule has 0 aromatic carbocycles. The van der Waals surface area contributed by atoms with E-state index in [1.54, 1.807) is 7.11 Å². The maximum absolute atomic E-state index is 11.5. The first-order chi connectivity index (χ1) is 10.2. The van der Waals surface area contributed by atoms with E-state index in [9.17, 15) is 9.59 Å². The maximum atomic E-state index is 11.5. The molecule has 8 nitrogen and oxygen atoms in total. The lowest BCUT2D eigenvalue weighted by Crippen LogP contribution is -2.30. The van der Waals surface area contributed by atoms with Gasteiger partial charge < -0.3 is 22.9 Å². The van der Waals surface area contributed by atoms with Gasteiger partial charge in [-0.15, -0.1) is 0 Å². The molecule has 2 rings (SSSR count). The van der Waals surface area contributed by atoms with Gasteiger partial charge in [0.1, 0.15) is 0 Å². The minimum absolute atomic E-state index is 0.180. The average molecular weight is 318 g/mol. The number of nitrogens with zero attached hydrogens (tertiary/aromatic N) is 1. The largest absolute Gasteiger partial charge is 0.379 e. The number of hydrogen-bond acceptors (Lipinski definition) is 6. The Bertz CT molecular complexity index is 539. The lowest BCUT2D eigenvalue weighted by molar-refractivity contribution is 0.0305. The van der Waals surface area contributed by atoms with Crippen molar-refractivity contribution in [1.29, 1.82) is 0 Å². The zero-order valence-electron chi connectivity index (χ0n) is 11.8. The minimum atomic E-state index is -1.28. The molecular weight excluding hydrogens is 299 g/mol. The van der Waals surface area contributed by atoms with E-state index in [-0.39, 0.29) is 6.10 Å². The summed E-state index contributed by atoms with van der Waals surface area (Å²) in [6, 6.07) is 1.31. The highest BCUT2D eigenvalue weighted by atomic mass is 31.2. The predicted octanol–water partition coefficient (Wildman–Crippen LogP) is 0.622. The molecule has 2 heterocycles. The highest BCUT2D eigenvalue weighted by Gasteiger charge is 2.19. The van der Waals surface area contributed by atoms with Crippen LogP contribution in [0.15, 0.2) is 21.9 Å². The Morgan fingerprint density at radius 3 is 2.86 bits per heavy atom. The SMILES string of the molecule is CO[C@@H](CCn1ccc(=O)[nH]c1=O)COP1OCCCO1. The molecule has 1 aliphatic rings. The topological polar surface area (TPSA) is 91.8 Å². The maximum Gasteiger partial charge on any atom is 0.332 e. The fourth-order valence-electron chi connectivity index (χ4n) is 1.77. The number of H-pyrrole nitrogens is 1. The third-order valence-electron chi connectivity index (χ3n) is 2.97. The summed E-state index contributed by atoms with van der Waals surface area (Å²) in [4.78, 5) is 24.7. The van der Waals surface area contributed by atoms with Crippen molar-refractivity contribution in [2.75, 3.05) is 26.9 Å². The molecule has 1 N–H and O–H groups in total. The number of ether oxygens (including phenoxy) is 1. The van der Waals surface area contributed by atoms with Gasteiger partial charge in [0.15, 0.2) is 0 Å². The molecule has 1 atom stereocenters. The molecule has 118 valence electrons. The summed E-state index contributed by atoms with van der Waals surface area (Å²) in [6.07, 6.45) is 2.74. The van der Waals surface area contributed by atoms with E-state index in [2.05, 4.69) is 4.98 Å². The first kappa shape index (κ1) is 16.3. The molecule has 21 heavy (non-hydrogen) atoms. The van der Waals surface area contributed by atoms with Crippen molar-refractivity contribution < 1.29 is 18.3 Å². The minimum Gasteiger partial charge on any atom is -0.379 e. The second-order valence-electron chi connectivity index (χ2n) is 4.49. The van der Waals surface area contributed by atoms with Gasteiger partial charge in [0.05, 0.1) is 25.9 Å². The highest BCUT2D eigenvalue weighted by Crippen LogP contribution is 2.42. The summed E-state index contributed by atoms with van der Waals surface area (Å²) in [5.74, 6) is 0. The summed E-state index contributed by atoms with van der Waals surface area (Å²) >= 11 is 0. The number of hydrogen-bond donors (Lipinski definition) is 1. The molecule has 1 aliphatic heterocycles. The molecule has 1 aromatic heterocycles. The van der Waals surface area contributed by atoms with Gasteiger partial charge in [0.2, 0.25) is 0 Å². The van der Waals surface area contributed by atoms with Crippen LogP contribution in [0.3, 0.4) is 0 Å². The van der Waals surface area contributed by atoms with E-state index in [1.807, 2.05) is 0 Å². The molecule has 0 bridgehead atoms. The molecule has 0 spiro atoms. The van der Waals surface area contributed by atoms with Gasteiger partial charge in [-0.1, -0.05) is 0 Å². The fraction of sp³-hybridized carbons (Fsp3) is 0.667. The quantitative estimate of drug-likeness (QED) is 0.741. The molecular formula is C12H19N2O6P. The van der Waals surface area contributed by atoms with Crippen molar-refractivity contribution >= 4 is 8.60 Å². The number of rotatable bonds is 7. The molecule has 0 aliphatic carbocycles. The van der Waals surface area contributed by atoms with Crippen molar-refractivity contribution in [3.8, 4) is 0 Å². The van der Waals surface area contributed by atoms with Gasteiger partial charge in [-0.25, -0.2) is 4.79 Å². The van der Waals surface area contributed by atoms with Crippen molar-refractivity contribution in [1.82, 2.24) is 9.55 Å². The van der Waals surface area contributed by atoms with Gasteiger partial charge in [0.25, 0.3) is 5.56 Å². The number of aryl methyl sites for hydroxylation is 1. The molecule has 1 fully saturated rings. The van der Waals surface area contributed by atoms with Crippen LogP contribution in [-0.2, 0) is 24.9 Å². The molecule has 0 radical (unpaired) electrons. The van der Waals surface area contributed by atoms with E-state index in [0.717, 1.165) is 6.42 Å². The van der Waals surface area contributed by atoms with Gasteiger partial charge in [-0.2, -0.15) is 0 Å². The van der Waals surface area contributed by atoms with Crippen LogP contribution in [0.1, 0.15) is 12.8 Å². The van der Waals surface area contributed by atoms with Crippen molar-refractivity contribution in [3.63, 3.8) is 0 Å². The van der Waals surface area contributed by atoms with Crippen LogP contribution < -0.4 is 11.2 Å². The van der Waals surface area contributed by atoms with Gasteiger partial charge in [0, 0.05) is 25.9 Å². The third-order valence-corrected chi connectivity index (χ3v) is 4.12. The molecule has 0 unspecified atom stereocenters. The molecule has 1 saturated heterocycles. The van der Waals surface area contributed by atoms with E-state index in [4.69, 9.17) is 18.3 Å². The van der Waals surface area contributed by atoms with Gasteiger partial charge in [-0.3, -0.25) is 9.78 Å². The Kier molecular flexibility index (Phi) is 6.53. The smallest absolute Gasteiger partial charge is 0.332 e. The lowest BCUT2D eigenvalue weighted by atomic mass is 10.2. The Labute approximate surface area is 123 Å². The monoisotopic (exact) mass is 318 g/mol. The molecule has 0 saturated carbocycles. The summed E-state index contributed by atoms with van der Waals surface area (Å²) < 4.78 is 22.9. The van der Waals surface area contributed by atoms with Crippen LogP contribution >= 0.6 is 8.60 Å². The second-order valence-corrected chi connectivity index (χ2v) is 5.71. The summed E-state index contributed by atoms with van der Waals surface area (Å²) in [7, 11) is 0.301. The van der Waals surface area contributed by atoms with Crippen LogP contribution in [0.2, 0.25) is 0 Å². The number of aromatic amines is 1. The zero-order valence-corrected chi connectivity index (χ0v) is 12.7. The standard InChI is InChI=1S/C12H19N2O6P/c1-17-10(9-20-21-18-7-2-8-19-21)3-5-14-6-4-11(15)13-12(14)16/h4,6,10H,2-3,5,7-9H2,1H3,(H,13,15,16)/t10-/m0/s1. The summed E-state index contributed by atoms with van der Waals surface area (Å²) in [5, 5.41) is 0. The van der Waals surface area contributed by atoms with Crippen molar-refractivity contribution in [2.24, 2.45) is 0 Å². The summed E-state index contributed by atoms with van der Waals surface area (Å²) in [6.45, 7) is 2.06. The van der Waals surface area contributed by atoms with E-state index in [1.165, 1.54) is 16.8 Å². The third kappa shape index (κ3) is 5.33. The summed E-state index contributed by atoms with van der Waals surface area (Å²) in [5.41, 5.74) is -0.834. The first-order valence-electron chi connectivity index (χ1n) is 6.70. The van der Waals surface area contributed by atoms with Crippen LogP contribution in [-0.4, -0.2) is 42.6 Å². The lowest BCUT2D eigenvalue weighted by Gasteiger charge is -2.23. The highest BCUT2D eigenvalue weighted by molar-refractivity contribution is 7.41. The van der Waals surface area contributed by atoms with Crippen LogP contribution in [0, 0.1) is 0 Å². The second kappa shape index (κ2) is 8.41. The number of nitrogens with one attached hydrogen (secondary N) is 1. The molecule has 1 aromatic rings. The molecule has 0 amide bonds. The number of methoxy groups -OCH3 is 1.